The summed E-state index contributed by atoms with van der Waals surface area (Å²) in [7, 11) is -3.49. The van der Waals surface area contributed by atoms with Crippen LogP contribution in [0.5, 0.6) is 0 Å². The summed E-state index contributed by atoms with van der Waals surface area (Å²) in [5.41, 5.74) is 6.56. The molecule has 0 aliphatic carbocycles. The summed E-state index contributed by atoms with van der Waals surface area (Å²) < 4.78 is 27.7. The van der Waals surface area contributed by atoms with Crippen LogP contribution in [0.1, 0.15) is 26.7 Å². The number of sulfonamides is 1. The molecule has 1 unspecified atom stereocenters. The van der Waals surface area contributed by atoms with E-state index in [-0.39, 0.29) is 6.04 Å². The number of hydrogen-bond donors (Lipinski definition) is 2. The lowest BCUT2D eigenvalue weighted by atomic mass is 9.98. The van der Waals surface area contributed by atoms with Crippen LogP contribution in [0.25, 0.3) is 0 Å². The second-order valence-corrected chi connectivity index (χ2v) is 7.62. The van der Waals surface area contributed by atoms with Crippen LogP contribution in [-0.2, 0) is 10.0 Å². The number of hydrogen-bond acceptors (Lipinski definition) is 4. The Labute approximate surface area is 127 Å². The summed E-state index contributed by atoms with van der Waals surface area (Å²) >= 11 is 0. The normalized spacial score (nSPS) is 20.0. The number of nitrogens with zero attached hydrogens (tertiary/aromatic N) is 1. The van der Waals surface area contributed by atoms with Crippen molar-refractivity contribution in [3.63, 3.8) is 0 Å². The van der Waals surface area contributed by atoms with E-state index < -0.39 is 10.0 Å². The van der Waals surface area contributed by atoms with Crippen molar-refractivity contribution < 1.29 is 8.42 Å². The van der Waals surface area contributed by atoms with E-state index in [1.165, 1.54) is 0 Å². The molecule has 5 nitrogen and oxygen atoms in total. The zero-order valence-electron chi connectivity index (χ0n) is 12.7. The summed E-state index contributed by atoms with van der Waals surface area (Å²) in [5, 5.41) is 0. The highest BCUT2D eigenvalue weighted by atomic mass is 32.2. The van der Waals surface area contributed by atoms with E-state index >= 15 is 0 Å². The van der Waals surface area contributed by atoms with E-state index in [9.17, 15) is 8.42 Å². The number of para-hydroxylation sites is 1. The second-order valence-electron chi connectivity index (χ2n) is 5.93. The maximum absolute atomic E-state index is 12.5. The molecule has 0 bridgehead atoms. The van der Waals surface area contributed by atoms with Gasteiger partial charge in [-0.1, -0.05) is 12.1 Å². The van der Waals surface area contributed by atoms with Gasteiger partial charge in [-0.05, 0) is 51.3 Å². The summed E-state index contributed by atoms with van der Waals surface area (Å²) in [5.74, 6) is 0.438. The lowest BCUT2D eigenvalue weighted by molar-refractivity contribution is 0.422. The largest absolute Gasteiger partial charge is 0.370 e. The standard InChI is InChI=1S/C15H25N3O2S/c1-12(2)17-21(19,20)15-8-4-3-7-14(15)18-9-5-6-13(10-16)11-18/h3-4,7-8,12-13,17H,5-6,9-11,16H2,1-2H3. The molecule has 1 saturated heterocycles. The first-order valence-electron chi connectivity index (χ1n) is 7.50. The van der Waals surface area contributed by atoms with Crippen LogP contribution in [0.4, 0.5) is 5.69 Å². The lowest BCUT2D eigenvalue weighted by Gasteiger charge is -2.35. The summed E-state index contributed by atoms with van der Waals surface area (Å²) in [6.07, 6.45) is 2.17. The number of benzene rings is 1. The van der Waals surface area contributed by atoms with Crippen LogP contribution >= 0.6 is 0 Å². The average Bonchev–Trinajstić information content (AvgIpc) is 2.46. The van der Waals surface area contributed by atoms with Crippen molar-refractivity contribution in [3.8, 4) is 0 Å². The Bertz CT molecular complexity index is 572. The maximum atomic E-state index is 12.5. The number of rotatable bonds is 5. The van der Waals surface area contributed by atoms with Gasteiger partial charge >= 0.3 is 0 Å². The Balaban J connectivity index is 2.33. The minimum Gasteiger partial charge on any atom is -0.370 e. The Morgan fingerprint density at radius 3 is 2.76 bits per heavy atom. The molecule has 1 aliphatic heterocycles. The minimum absolute atomic E-state index is 0.124. The smallest absolute Gasteiger partial charge is 0.242 e. The number of anilines is 1. The highest BCUT2D eigenvalue weighted by Crippen LogP contribution is 2.29. The van der Waals surface area contributed by atoms with Crippen LogP contribution in [0.3, 0.4) is 0 Å². The molecule has 3 N–H and O–H groups in total. The molecule has 1 aliphatic rings. The number of piperidine rings is 1. The molecule has 0 radical (unpaired) electrons. The van der Waals surface area contributed by atoms with Crippen molar-refractivity contribution in [2.75, 3.05) is 24.5 Å². The third-order valence-corrected chi connectivity index (χ3v) is 5.44. The molecule has 1 aromatic carbocycles. The first-order valence-corrected chi connectivity index (χ1v) is 8.98. The van der Waals surface area contributed by atoms with Gasteiger partial charge in [-0.25, -0.2) is 13.1 Å². The zero-order chi connectivity index (χ0) is 15.5. The Morgan fingerprint density at radius 2 is 2.10 bits per heavy atom. The predicted molar refractivity (Wildman–Crippen MR) is 85.9 cm³/mol. The zero-order valence-corrected chi connectivity index (χ0v) is 13.6. The third-order valence-electron chi connectivity index (χ3n) is 3.74. The van der Waals surface area contributed by atoms with Gasteiger partial charge < -0.3 is 10.6 Å². The second kappa shape index (κ2) is 6.77. The Hall–Kier alpha value is -1.11. The molecule has 21 heavy (non-hydrogen) atoms. The van der Waals surface area contributed by atoms with Gasteiger partial charge in [-0.2, -0.15) is 0 Å². The van der Waals surface area contributed by atoms with Crippen LogP contribution in [-0.4, -0.2) is 34.1 Å². The van der Waals surface area contributed by atoms with Crippen molar-refractivity contribution >= 4 is 15.7 Å². The van der Waals surface area contributed by atoms with Gasteiger partial charge in [0.25, 0.3) is 0 Å². The van der Waals surface area contributed by atoms with Gasteiger partial charge in [0.15, 0.2) is 0 Å². The number of nitrogens with two attached hydrogens (primary N) is 1. The van der Waals surface area contributed by atoms with Gasteiger partial charge in [0.2, 0.25) is 10.0 Å². The van der Waals surface area contributed by atoms with Crippen molar-refractivity contribution in [2.24, 2.45) is 11.7 Å². The van der Waals surface area contributed by atoms with Gasteiger partial charge in [-0.15, -0.1) is 0 Å². The molecular weight excluding hydrogens is 286 g/mol. The first kappa shape index (κ1) is 16.3. The van der Waals surface area contributed by atoms with Crippen LogP contribution < -0.4 is 15.4 Å². The summed E-state index contributed by atoms with van der Waals surface area (Å²) in [4.78, 5) is 2.51. The first-order chi connectivity index (χ1) is 9.94. The van der Waals surface area contributed by atoms with Crippen molar-refractivity contribution in [2.45, 2.75) is 37.6 Å². The third kappa shape index (κ3) is 3.96. The van der Waals surface area contributed by atoms with Crippen LogP contribution in [0, 0.1) is 5.92 Å². The van der Waals surface area contributed by atoms with E-state index in [0.29, 0.717) is 17.4 Å². The van der Waals surface area contributed by atoms with Crippen molar-refractivity contribution in [3.05, 3.63) is 24.3 Å². The van der Waals surface area contributed by atoms with Crippen molar-refractivity contribution in [1.82, 2.24) is 4.72 Å². The van der Waals surface area contributed by atoms with Gasteiger partial charge in [0, 0.05) is 19.1 Å². The Kier molecular flexibility index (Phi) is 5.24. The molecule has 6 heteroatoms. The number of nitrogens with one attached hydrogen (secondary N) is 1. The molecule has 0 saturated carbocycles. The monoisotopic (exact) mass is 311 g/mol. The fourth-order valence-corrected chi connectivity index (χ4v) is 4.27. The predicted octanol–water partition coefficient (Wildman–Crippen LogP) is 1.55. The summed E-state index contributed by atoms with van der Waals surface area (Å²) in [6.45, 7) is 6.00. The Morgan fingerprint density at radius 1 is 1.38 bits per heavy atom. The molecule has 118 valence electrons. The minimum atomic E-state index is -3.49. The van der Waals surface area contributed by atoms with E-state index in [0.717, 1.165) is 31.6 Å². The van der Waals surface area contributed by atoms with Crippen LogP contribution in [0.15, 0.2) is 29.2 Å². The quantitative estimate of drug-likeness (QED) is 0.865. The van der Waals surface area contributed by atoms with Gasteiger partial charge in [0.1, 0.15) is 4.90 Å². The molecule has 0 amide bonds. The SMILES string of the molecule is CC(C)NS(=O)(=O)c1ccccc1N1CCCC(CN)C1. The lowest BCUT2D eigenvalue weighted by Crippen LogP contribution is -2.40. The molecule has 1 fully saturated rings. The van der Waals surface area contributed by atoms with E-state index in [2.05, 4.69) is 9.62 Å². The topological polar surface area (TPSA) is 75.4 Å². The average molecular weight is 311 g/mol. The molecule has 1 aromatic rings. The molecular formula is C15H25N3O2S. The van der Waals surface area contributed by atoms with Crippen LogP contribution in [0.2, 0.25) is 0 Å². The molecule has 2 rings (SSSR count). The van der Waals surface area contributed by atoms with E-state index in [1.807, 2.05) is 26.0 Å². The fraction of sp³-hybridized carbons (Fsp3) is 0.600. The highest BCUT2D eigenvalue weighted by Gasteiger charge is 2.25. The molecule has 0 aromatic heterocycles. The van der Waals surface area contributed by atoms with Gasteiger partial charge in [0.05, 0.1) is 5.69 Å². The molecule has 1 heterocycles. The summed E-state index contributed by atoms with van der Waals surface area (Å²) in [6, 6.07) is 7.08. The maximum Gasteiger partial charge on any atom is 0.242 e. The van der Waals surface area contributed by atoms with E-state index in [4.69, 9.17) is 5.73 Å². The highest BCUT2D eigenvalue weighted by molar-refractivity contribution is 7.89. The van der Waals surface area contributed by atoms with Gasteiger partial charge in [-0.3, -0.25) is 0 Å². The molecule has 0 spiro atoms. The van der Waals surface area contributed by atoms with E-state index in [1.54, 1.807) is 12.1 Å². The fourth-order valence-electron chi connectivity index (χ4n) is 2.80. The van der Waals surface area contributed by atoms with Crippen molar-refractivity contribution in [1.29, 1.82) is 0 Å². The molecule has 1 atom stereocenters.